The Labute approximate surface area is 403 Å². The van der Waals surface area contributed by atoms with Crippen LogP contribution in [0.2, 0.25) is 0 Å². The first-order valence-corrected chi connectivity index (χ1v) is 23.5. The first kappa shape index (κ1) is 40.8. The summed E-state index contributed by atoms with van der Waals surface area (Å²) in [6, 6.07) is 70.1. The molecule has 0 radical (unpaired) electrons. The quantitative estimate of drug-likeness (QED) is 0.135. The van der Waals surface area contributed by atoms with Crippen LogP contribution in [0.15, 0.2) is 240 Å². The summed E-state index contributed by atoms with van der Waals surface area (Å²) in [5.74, 6) is 1.58. The molecule has 0 aliphatic heterocycles. The molecule has 13 aromatic rings. The number of allylic oxidation sites excluding steroid dienone is 5. The summed E-state index contributed by atoms with van der Waals surface area (Å²) in [5, 5.41) is 6.43. The van der Waals surface area contributed by atoms with Gasteiger partial charge in [-0.1, -0.05) is 170 Å². The molecular formula is C64H42N4O2. The lowest BCUT2D eigenvalue weighted by Crippen LogP contribution is -2.02. The van der Waals surface area contributed by atoms with E-state index in [1.54, 1.807) is 6.08 Å². The fourth-order valence-electron chi connectivity index (χ4n) is 10.1. The summed E-state index contributed by atoms with van der Waals surface area (Å²) in [6.45, 7) is 6.13. The van der Waals surface area contributed by atoms with Gasteiger partial charge in [0.05, 0.1) is 11.0 Å². The highest BCUT2D eigenvalue weighted by Gasteiger charge is 2.23. The van der Waals surface area contributed by atoms with E-state index in [0.717, 1.165) is 99.6 Å². The second-order valence-electron chi connectivity index (χ2n) is 17.5. The molecule has 4 aromatic heterocycles. The van der Waals surface area contributed by atoms with Gasteiger partial charge in [0.25, 0.3) is 0 Å². The maximum Gasteiger partial charge on any atom is 0.164 e. The molecular weight excluding hydrogens is 857 g/mol. The number of hydrogen-bond acceptors (Lipinski definition) is 5. The highest BCUT2D eigenvalue weighted by Crippen LogP contribution is 2.45. The van der Waals surface area contributed by atoms with Crippen LogP contribution < -0.4 is 0 Å². The third-order valence-corrected chi connectivity index (χ3v) is 13.4. The molecule has 4 heterocycles. The first-order valence-electron chi connectivity index (χ1n) is 23.5. The number of furan rings is 2. The van der Waals surface area contributed by atoms with Gasteiger partial charge >= 0.3 is 0 Å². The van der Waals surface area contributed by atoms with E-state index in [1.165, 1.54) is 21.9 Å². The molecule has 9 aromatic carbocycles. The van der Waals surface area contributed by atoms with Gasteiger partial charge in [-0.05, 0) is 101 Å². The van der Waals surface area contributed by atoms with E-state index in [0.29, 0.717) is 17.5 Å². The van der Waals surface area contributed by atoms with Gasteiger partial charge in [0.15, 0.2) is 17.5 Å². The van der Waals surface area contributed by atoms with Gasteiger partial charge in [0.2, 0.25) is 0 Å². The third-order valence-electron chi connectivity index (χ3n) is 13.4. The Balaban J connectivity index is 1.02. The molecule has 0 aliphatic rings. The van der Waals surface area contributed by atoms with Gasteiger partial charge in [0, 0.05) is 54.7 Å². The van der Waals surface area contributed by atoms with Crippen LogP contribution in [0, 0.1) is 0 Å². The van der Waals surface area contributed by atoms with Gasteiger partial charge in [0.1, 0.15) is 22.3 Å². The molecule has 0 N–H and O–H groups in total. The van der Waals surface area contributed by atoms with Crippen LogP contribution in [0.25, 0.3) is 133 Å². The lowest BCUT2D eigenvalue weighted by Gasteiger charge is -2.12. The summed E-state index contributed by atoms with van der Waals surface area (Å²) in [4.78, 5) is 15.4. The van der Waals surface area contributed by atoms with Crippen LogP contribution in [-0.4, -0.2) is 19.5 Å². The topological polar surface area (TPSA) is 69.9 Å². The maximum atomic E-state index is 6.73. The SMILES string of the molecule is C=C/C(=C\C=C/C)c1nc(-c2ccc(-c3ccccc3)cc2)nc(-c2cc(-c3cccc4oc5ccc(-n6c7ccccc7c7cc(-c8ccccc8)ccc76)cc5c34)c3c(c2)oc2ccccc23)n1. The molecule has 0 saturated heterocycles. The Morgan fingerprint density at radius 1 is 0.443 bits per heavy atom. The van der Waals surface area contributed by atoms with Crippen LogP contribution in [0.5, 0.6) is 0 Å². The van der Waals surface area contributed by atoms with Gasteiger partial charge in [-0.2, -0.15) is 0 Å². The molecule has 0 aliphatic carbocycles. The zero-order valence-corrected chi connectivity index (χ0v) is 38.2. The predicted molar refractivity (Wildman–Crippen MR) is 289 cm³/mol. The Bertz CT molecular complexity index is 4250. The Kier molecular flexibility index (Phi) is 9.77. The Hall–Kier alpha value is -9.39. The first-order chi connectivity index (χ1) is 34.6. The number of para-hydroxylation sites is 2. The average molecular weight is 899 g/mol. The van der Waals surface area contributed by atoms with E-state index >= 15 is 0 Å². The number of nitrogens with zero attached hydrogens (tertiary/aromatic N) is 4. The standard InChI is InChI=1S/C64H42N4O2/c1-3-5-17-40(4-2)62-65-63(44-30-28-43(29-31-44)41-18-8-6-9-19-41)67-64(66-62)46-37-52(61-50-23-13-15-26-56(50)70-59(61)38-46)49-24-16-27-58-60(49)53-39-47(33-35-57(53)69-58)68-54-25-14-12-22-48(54)51-36-45(32-34-55(51)68)42-20-10-7-11-21-42/h3-39H,2H2,1H3/b5-3-,40-17+. The van der Waals surface area contributed by atoms with Gasteiger partial charge in [-0.15, -0.1) is 0 Å². The molecule has 0 fully saturated rings. The molecule has 0 atom stereocenters. The van der Waals surface area contributed by atoms with E-state index in [1.807, 2.05) is 43.4 Å². The lowest BCUT2D eigenvalue weighted by atomic mass is 9.93. The van der Waals surface area contributed by atoms with Crippen molar-refractivity contribution in [2.75, 3.05) is 0 Å². The van der Waals surface area contributed by atoms with E-state index in [-0.39, 0.29) is 0 Å². The fraction of sp³-hybridized carbons (Fsp3) is 0.0156. The lowest BCUT2D eigenvalue weighted by molar-refractivity contribution is 0.668. The summed E-state index contributed by atoms with van der Waals surface area (Å²) >= 11 is 0. The number of benzene rings is 9. The molecule has 0 unspecified atom stereocenters. The van der Waals surface area contributed by atoms with Crippen molar-refractivity contribution < 1.29 is 8.83 Å². The summed E-state index contributed by atoms with van der Waals surface area (Å²) in [6.07, 6.45) is 7.71. The second kappa shape index (κ2) is 16.7. The second-order valence-corrected chi connectivity index (χ2v) is 17.5. The van der Waals surface area contributed by atoms with Crippen molar-refractivity contribution in [3.05, 3.63) is 237 Å². The van der Waals surface area contributed by atoms with Crippen LogP contribution in [0.4, 0.5) is 0 Å². The van der Waals surface area contributed by atoms with Crippen molar-refractivity contribution in [3.8, 4) is 61.8 Å². The predicted octanol–water partition coefficient (Wildman–Crippen LogP) is 17.2. The van der Waals surface area contributed by atoms with Gasteiger partial charge in [-0.25, -0.2) is 15.0 Å². The minimum Gasteiger partial charge on any atom is -0.456 e. The normalized spacial score (nSPS) is 12.2. The van der Waals surface area contributed by atoms with Gasteiger partial charge < -0.3 is 13.4 Å². The van der Waals surface area contributed by atoms with Gasteiger partial charge in [-0.3, -0.25) is 0 Å². The molecule has 6 nitrogen and oxygen atoms in total. The third kappa shape index (κ3) is 6.84. The highest BCUT2D eigenvalue weighted by molar-refractivity contribution is 6.20. The number of aromatic nitrogens is 4. The molecule has 0 amide bonds. The average Bonchev–Trinajstić information content (AvgIpc) is 4.10. The zero-order valence-electron chi connectivity index (χ0n) is 38.2. The van der Waals surface area contributed by atoms with Crippen LogP contribution >= 0.6 is 0 Å². The number of hydrogen-bond donors (Lipinski definition) is 0. The van der Waals surface area contributed by atoms with Crippen molar-refractivity contribution in [1.82, 2.24) is 19.5 Å². The molecule has 330 valence electrons. The monoisotopic (exact) mass is 898 g/mol. The molecule has 0 saturated carbocycles. The van der Waals surface area contributed by atoms with Crippen molar-refractivity contribution in [1.29, 1.82) is 0 Å². The largest absolute Gasteiger partial charge is 0.456 e. The van der Waals surface area contributed by atoms with Crippen LogP contribution in [-0.2, 0) is 0 Å². The molecule has 0 bridgehead atoms. The minimum absolute atomic E-state index is 0.511. The smallest absolute Gasteiger partial charge is 0.164 e. The number of rotatable bonds is 9. The fourth-order valence-corrected chi connectivity index (χ4v) is 10.1. The Morgan fingerprint density at radius 2 is 1.06 bits per heavy atom. The van der Waals surface area contributed by atoms with Crippen molar-refractivity contribution in [2.45, 2.75) is 6.92 Å². The summed E-state index contributed by atoms with van der Waals surface area (Å²) in [5.41, 5.74) is 15.5. The van der Waals surface area contributed by atoms with E-state index in [4.69, 9.17) is 23.8 Å². The molecule has 0 spiro atoms. The van der Waals surface area contributed by atoms with E-state index in [9.17, 15) is 0 Å². The Morgan fingerprint density at radius 3 is 1.84 bits per heavy atom. The van der Waals surface area contributed by atoms with E-state index < -0.39 is 0 Å². The van der Waals surface area contributed by atoms with Crippen molar-refractivity contribution in [2.24, 2.45) is 0 Å². The maximum absolute atomic E-state index is 6.73. The molecule has 13 rings (SSSR count). The van der Waals surface area contributed by atoms with Crippen LogP contribution in [0.1, 0.15) is 12.7 Å². The number of fused-ring (bicyclic) bond motifs is 9. The highest BCUT2D eigenvalue weighted by atomic mass is 16.3. The van der Waals surface area contributed by atoms with Crippen molar-refractivity contribution >= 4 is 71.3 Å². The van der Waals surface area contributed by atoms with Crippen molar-refractivity contribution in [3.63, 3.8) is 0 Å². The zero-order chi connectivity index (χ0) is 46.7. The summed E-state index contributed by atoms with van der Waals surface area (Å²) in [7, 11) is 0. The molecule has 70 heavy (non-hydrogen) atoms. The minimum atomic E-state index is 0.511. The van der Waals surface area contributed by atoms with E-state index in [2.05, 4.69) is 193 Å². The summed E-state index contributed by atoms with van der Waals surface area (Å²) < 4.78 is 15.8. The molecule has 6 heteroatoms. The van der Waals surface area contributed by atoms with Crippen LogP contribution in [0.3, 0.4) is 0 Å².